The second-order valence-corrected chi connectivity index (χ2v) is 5.75. The SMILES string of the molecule is C[C@H]1C[C@@H](O)C[C@@H](c2cccc(Cl)c2)N1.O=C(O)C=CC(=O)O. The lowest BCUT2D eigenvalue weighted by molar-refractivity contribution is -0.134. The molecular formula is C16H20ClNO5. The van der Waals surface area contributed by atoms with Crippen molar-refractivity contribution in [1.29, 1.82) is 0 Å². The first-order valence-electron chi connectivity index (χ1n) is 7.11. The van der Waals surface area contributed by atoms with Gasteiger partial charge in [0, 0.05) is 29.3 Å². The highest BCUT2D eigenvalue weighted by Gasteiger charge is 2.25. The van der Waals surface area contributed by atoms with Crippen molar-refractivity contribution >= 4 is 23.5 Å². The number of hydrogen-bond donors (Lipinski definition) is 4. The normalized spacial score (nSPS) is 23.9. The molecule has 3 atom stereocenters. The summed E-state index contributed by atoms with van der Waals surface area (Å²) >= 11 is 5.95. The topological polar surface area (TPSA) is 107 Å². The number of rotatable bonds is 3. The number of nitrogens with one attached hydrogen (secondary N) is 1. The van der Waals surface area contributed by atoms with Crippen LogP contribution < -0.4 is 5.32 Å². The predicted molar refractivity (Wildman–Crippen MR) is 86.4 cm³/mol. The molecule has 126 valence electrons. The summed E-state index contributed by atoms with van der Waals surface area (Å²) < 4.78 is 0. The number of benzene rings is 1. The van der Waals surface area contributed by atoms with Crippen molar-refractivity contribution in [1.82, 2.24) is 5.32 Å². The minimum atomic E-state index is -1.26. The zero-order chi connectivity index (χ0) is 17.4. The van der Waals surface area contributed by atoms with Gasteiger partial charge in [0.15, 0.2) is 0 Å². The number of aliphatic carboxylic acids is 2. The Kier molecular flexibility index (Phi) is 7.74. The fourth-order valence-corrected chi connectivity index (χ4v) is 2.55. The van der Waals surface area contributed by atoms with Crippen LogP contribution in [-0.4, -0.2) is 39.4 Å². The third-order valence-electron chi connectivity index (χ3n) is 3.24. The number of aliphatic hydroxyl groups is 1. The van der Waals surface area contributed by atoms with E-state index in [2.05, 4.69) is 12.2 Å². The largest absolute Gasteiger partial charge is 0.478 e. The van der Waals surface area contributed by atoms with Gasteiger partial charge in [-0.1, -0.05) is 23.7 Å². The van der Waals surface area contributed by atoms with Crippen molar-refractivity contribution < 1.29 is 24.9 Å². The van der Waals surface area contributed by atoms with Crippen molar-refractivity contribution in [3.63, 3.8) is 0 Å². The molecule has 23 heavy (non-hydrogen) atoms. The number of carboxylic acid groups (broad SMARTS) is 2. The first kappa shape index (κ1) is 19.2. The summed E-state index contributed by atoms with van der Waals surface area (Å²) in [6.45, 7) is 2.10. The van der Waals surface area contributed by atoms with Gasteiger partial charge in [0.2, 0.25) is 0 Å². The quantitative estimate of drug-likeness (QED) is 0.628. The third kappa shape index (κ3) is 7.78. The van der Waals surface area contributed by atoms with Gasteiger partial charge in [0.1, 0.15) is 0 Å². The molecule has 0 unspecified atom stereocenters. The molecule has 1 aromatic carbocycles. The number of halogens is 1. The highest BCUT2D eigenvalue weighted by molar-refractivity contribution is 6.30. The van der Waals surface area contributed by atoms with Crippen LogP contribution in [0.25, 0.3) is 0 Å². The lowest BCUT2D eigenvalue weighted by Gasteiger charge is -2.32. The molecule has 1 heterocycles. The Morgan fingerprint density at radius 2 is 1.83 bits per heavy atom. The van der Waals surface area contributed by atoms with Gasteiger partial charge in [-0.3, -0.25) is 0 Å². The zero-order valence-electron chi connectivity index (χ0n) is 12.6. The van der Waals surface area contributed by atoms with E-state index in [4.69, 9.17) is 21.8 Å². The average molecular weight is 342 g/mol. The summed E-state index contributed by atoms with van der Waals surface area (Å²) in [6.07, 6.45) is 2.51. The molecule has 0 saturated carbocycles. The van der Waals surface area contributed by atoms with Gasteiger partial charge in [-0.2, -0.15) is 0 Å². The van der Waals surface area contributed by atoms with Gasteiger partial charge in [0.25, 0.3) is 0 Å². The molecule has 6 nitrogen and oxygen atoms in total. The van der Waals surface area contributed by atoms with Gasteiger partial charge in [-0.25, -0.2) is 9.59 Å². The van der Waals surface area contributed by atoms with E-state index in [-0.39, 0.29) is 12.1 Å². The van der Waals surface area contributed by atoms with E-state index in [9.17, 15) is 14.7 Å². The zero-order valence-corrected chi connectivity index (χ0v) is 13.4. The summed E-state index contributed by atoms with van der Waals surface area (Å²) in [5.74, 6) is -2.51. The van der Waals surface area contributed by atoms with E-state index in [1.54, 1.807) is 0 Å². The Hall–Kier alpha value is -1.89. The molecule has 0 aromatic heterocycles. The fourth-order valence-electron chi connectivity index (χ4n) is 2.35. The highest BCUT2D eigenvalue weighted by atomic mass is 35.5. The number of hydrogen-bond acceptors (Lipinski definition) is 4. The van der Waals surface area contributed by atoms with Crippen molar-refractivity contribution in [3.8, 4) is 0 Å². The first-order valence-corrected chi connectivity index (χ1v) is 7.49. The Morgan fingerprint density at radius 1 is 1.22 bits per heavy atom. The van der Waals surface area contributed by atoms with Crippen molar-refractivity contribution in [3.05, 3.63) is 47.0 Å². The molecule has 1 aliphatic rings. The smallest absolute Gasteiger partial charge is 0.328 e. The monoisotopic (exact) mass is 341 g/mol. The Bertz CT molecular complexity index is 549. The van der Waals surface area contributed by atoms with E-state index < -0.39 is 11.9 Å². The number of carbonyl (C=O) groups is 2. The summed E-state index contributed by atoms with van der Waals surface area (Å²) in [6, 6.07) is 8.41. The van der Waals surface area contributed by atoms with Crippen LogP contribution in [0.3, 0.4) is 0 Å². The minimum absolute atomic E-state index is 0.203. The summed E-state index contributed by atoms with van der Waals surface area (Å²) in [4.78, 5) is 19.1. The summed E-state index contributed by atoms with van der Waals surface area (Å²) in [7, 11) is 0. The Balaban J connectivity index is 0.000000284. The second kappa shape index (κ2) is 9.29. The van der Waals surface area contributed by atoms with E-state index in [1.807, 2.05) is 24.3 Å². The van der Waals surface area contributed by atoms with Crippen LogP contribution in [0.1, 0.15) is 31.4 Å². The molecule has 1 aromatic rings. The molecule has 7 heteroatoms. The molecular weight excluding hydrogens is 322 g/mol. The molecule has 1 aliphatic heterocycles. The van der Waals surface area contributed by atoms with Crippen LogP contribution in [0.5, 0.6) is 0 Å². The summed E-state index contributed by atoms with van der Waals surface area (Å²) in [5.41, 5.74) is 1.16. The number of piperidine rings is 1. The molecule has 0 spiro atoms. The predicted octanol–water partition coefficient (Wildman–Crippen LogP) is 2.23. The fraction of sp³-hybridized carbons (Fsp3) is 0.375. The van der Waals surface area contributed by atoms with E-state index in [0.29, 0.717) is 18.2 Å². The van der Waals surface area contributed by atoms with Gasteiger partial charge >= 0.3 is 11.9 Å². The maximum Gasteiger partial charge on any atom is 0.328 e. The average Bonchev–Trinajstić information content (AvgIpc) is 2.45. The molecule has 0 amide bonds. The van der Waals surface area contributed by atoms with Crippen LogP contribution >= 0.6 is 11.6 Å². The number of carboxylic acids is 2. The van der Waals surface area contributed by atoms with E-state index in [1.165, 1.54) is 0 Å². The molecule has 2 rings (SSSR count). The van der Waals surface area contributed by atoms with E-state index >= 15 is 0 Å². The lowest BCUT2D eigenvalue weighted by Crippen LogP contribution is -2.40. The maximum atomic E-state index is 9.71. The van der Waals surface area contributed by atoms with Gasteiger partial charge in [0.05, 0.1) is 6.10 Å². The van der Waals surface area contributed by atoms with Gasteiger partial charge < -0.3 is 20.6 Å². The molecule has 0 aliphatic carbocycles. The molecule has 1 fully saturated rings. The Labute approximate surface area is 139 Å². The maximum absolute atomic E-state index is 9.71. The van der Waals surface area contributed by atoms with Crippen molar-refractivity contribution in [2.75, 3.05) is 0 Å². The highest BCUT2D eigenvalue weighted by Crippen LogP contribution is 2.27. The van der Waals surface area contributed by atoms with E-state index in [0.717, 1.165) is 23.4 Å². The molecule has 4 N–H and O–H groups in total. The second-order valence-electron chi connectivity index (χ2n) is 5.31. The Morgan fingerprint density at radius 3 is 2.30 bits per heavy atom. The van der Waals surface area contributed by atoms with Crippen molar-refractivity contribution in [2.45, 2.75) is 38.0 Å². The molecule has 0 radical (unpaired) electrons. The van der Waals surface area contributed by atoms with Crippen LogP contribution in [0, 0.1) is 0 Å². The van der Waals surface area contributed by atoms with Crippen LogP contribution in [0.15, 0.2) is 36.4 Å². The molecule has 0 bridgehead atoms. The van der Waals surface area contributed by atoms with Gasteiger partial charge in [-0.05, 0) is 37.5 Å². The standard InChI is InChI=1S/C12H16ClNO.C4H4O4/c1-8-5-11(15)7-12(14-8)9-3-2-4-10(13)6-9;5-3(6)1-2-4(7)8/h2-4,6,8,11-12,14-15H,5,7H2,1H3;1-2H,(H,5,6)(H,7,8)/t8-,11+,12-;/m0./s1. The minimum Gasteiger partial charge on any atom is -0.478 e. The summed E-state index contributed by atoms with van der Waals surface area (Å²) in [5, 5.41) is 29.6. The first-order chi connectivity index (χ1) is 10.8. The third-order valence-corrected chi connectivity index (χ3v) is 3.47. The number of aliphatic hydroxyl groups excluding tert-OH is 1. The molecule has 1 saturated heterocycles. The van der Waals surface area contributed by atoms with Crippen LogP contribution in [0.2, 0.25) is 5.02 Å². The lowest BCUT2D eigenvalue weighted by atomic mass is 9.92. The van der Waals surface area contributed by atoms with Crippen LogP contribution in [0.4, 0.5) is 0 Å². The van der Waals surface area contributed by atoms with Crippen LogP contribution in [-0.2, 0) is 9.59 Å². The van der Waals surface area contributed by atoms with Gasteiger partial charge in [-0.15, -0.1) is 0 Å². The van der Waals surface area contributed by atoms with Crippen molar-refractivity contribution in [2.24, 2.45) is 0 Å².